The van der Waals surface area contributed by atoms with Crippen molar-refractivity contribution >= 4 is 66.7 Å². The molecule has 1 aliphatic carbocycles. The highest BCUT2D eigenvalue weighted by molar-refractivity contribution is 9.10. The van der Waals surface area contributed by atoms with Crippen LogP contribution in [0.1, 0.15) is 44.6 Å². The maximum absolute atomic E-state index is 14.1. The molecule has 1 unspecified atom stereocenters. The first kappa shape index (κ1) is 31.3. The molecule has 7 nitrogen and oxygen atoms in total. The number of nitrogens with zero attached hydrogens (tertiary/aromatic N) is 2. The van der Waals surface area contributed by atoms with Gasteiger partial charge in [-0.3, -0.25) is 13.9 Å². The number of halogens is 3. The van der Waals surface area contributed by atoms with Crippen LogP contribution in [0.25, 0.3) is 0 Å². The minimum Gasteiger partial charge on any atom is -0.352 e. The average Bonchev–Trinajstić information content (AvgIpc) is 2.96. The standard InChI is InChI=1S/C30H32BrCl2N3O4S/c1-21(30(38)34-23-11-4-2-5-12-23)35(19-26-27(32)16-9-17-28(26)33)29(37)20-36(24-13-8-10-22(31)18-24)41(39,40)25-14-6-3-7-15-25/h3,6-10,13-18,21,23H,2,4-5,11-12,19-20H2,1H3,(H,34,38). The number of sulfonamides is 1. The third-order valence-electron chi connectivity index (χ3n) is 7.22. The number of carbonyl (C=O) groups excluding carboxylic acids is 2. The molecular formula is C30H32BrCl2N3O4S. The van der Waals surface area contributed by atoms with Crippen molar-refractivity contribution < 1.29 is 18.0 Å². The molecule has 1 N–H and O–H groups in total. The number of benzene rings is 3. The fourth-order valence-electron chi connectivity index (χ4n) is 4.88. The van der Waals surface area contributed by atoms with Gasteiger partial charge in [0.1, 0.15) is 12.6 Å². The van der Waals surface area contributed by atoms with Gasteiger partial charge in [-0.05, 0) is 62.2 Å². The van der Waals surface area contributed by atoms with Gasteiger partial charge in [0.25, 0.3) is 10.0 Å². The summed E-state index contributed by atoms with van der Waals surface area (Å²) in [5.41, 5.74) is 0.771. The number of rotatable bonds is 10. The highest BCUT2D eigenvalue weighted by Gasteiger charge is 2.33. The largest absolute Gasteiger partial charge is 0.352 e. The first-order valence-electron chi connectivity index (χ1n) is 13.4. The normalized spacial score (nSPS) is 14.7. The fourth-order valence-corrected chi connectivity index (χ4v) is 7.22. The average molecular weight is 681 g/mol. The predicted molar refractivity (Wildman–Crippen MR) is 167 cm³/mol. The predicted octanol–water partition coefficient (Wildman–Crippen LogP) is 6.82. The number of amides is 2. The van der Waals surface area contributed by atoms with Crippen molar-refractivity contribution in [3.05, 3.63) is 92.9 Å². The summed E-state index contributed by atoms with van der Waals surface area (Å²) in [4.78, 5) is 28.9. The molecule has 0 spiro atoms. The number of carbonyl (C=O) groups is 2. The topological polar surface area (TPSA) is 86.8 Å². The van der Waals surface area contributed by atoms with E-state index in [1.807, 2.05) is 0 Å². The molecule has 0 heterocycles. The Kier molecular flexibility index (Phi) is 10.7. The van der Waals surface area contributed by atoms with Crippen LogP contribution in [-0.2, 0) is 26.2 Å². The van der Waals surface area contributed by atoms with E-state index in [0.717, 1.165) is 36.4 Å². The maximum atomic E-state index is 14.1. The summed E-state index contributed by atoms with van der Waals surface area (Å²) in [6, 6.07) is 18.8. The van der Waals surface area contributed by atoms with Crippen LogP contribution in [0.5, 0.6) is 0 Å². The van der Waals surface area contributed by atoms with E-state index in [4.69, 9.17) is 23.2 Å². The molecule has 1 saturated carbocycles. The lowest BCUT2D eigenvalue weighted by atomic mass is 9.95. The molecule has 3 aromatic carbocycles. The Labute approximate surface area is 260 Å². The number of hydrogen-bond acceptors (Lipinski definition) is 4. The molecule has 0 saturated heterocycles. The summed E-state index contributed by atoms with van der Waals surface area (Å²) in [6.07, 6.45) is 4.98. The summed E-state index contributed by atoms with van der Waals surface area (Å²) in [5.74, 6) is -0.889. The van der Waals surface area contributed by atoms with Crippen molar-refractivity contribution in [3.8, 4) is 0 Å². The second-order valence-corrected chi connectivity index (χ2v) is 13.6. The van der Waals surface area contributed by atoms with Crippen LogP contribution in [-0.4, -0.2) is 43.8 Å². The Balaban J connectivity index is 1.70. The van der Waals surface area contributed by atoms with E-state index in [2.05, 4.69) is 21.2 Å². The summed E-state index contributed by atoms with van der Waals surface area (Å²) in [7, 11) is -4.14. The van der Waals surface area contributed by atoms with E-state index in [1.54, 1.807) is 67.6 Å². The summed E-state index contributed by atoms with van der Waals surface area (Å²) < 4.78 is 29.4. The second kappa shape index (κ2) is 14.1. The Hall–Kier alpha value is -2.59. The molecule has 41 heavy (non-hydrogen) atoms. The quantitative estimate of drug-likeness (QED) is 0.255. The monoisotopic (exact) mass is 679 g/mol. The van der Waals surface area contributed by atoms with Gasteiger partial charge >= 0.3 is 0 Å². The molecule has 11 heteroatoms. The van der Waals surface area contributed by atoms with Crippen LogP contribution in [0, 0.1) is 0 Å². The molecule has 0 bridgehead atoms. The summed E-state index contributed by atoms with van der Waals surface area (Å²) in [6.45, 7) is 1.01. The smallest absolute Gasteiger partial charge is 0.264 e. The fraction of sp³-hybridized carbons (Fsp3) is 0.333. The molecule has 4 rings (SSSR count). The van der Waals surface area contributed by atoms with Crippen molar-refractivity contribution in [3.63, 3.8) is 0 Å². The molecule has 0 aliphatic heterocycles. The van der Waals surface area contributed by atoms with E-state index in [9.17, 15) is 18.0 Å². The highest BCUT2D eigenvalue weighted by Crippen LogP contribution is 2.29. The van der Waals surface area contributed by atoms with Gasteiger partial charge in [0.05, 0.1) is 10.6 Å². The van der Waals surface area contributed by atoms with Crippen LogP contribution in [0.2, 0.25) is 10.0 Å². The van der Waals surface area contributed by atoms with Crippen LogP contribution < -0.4 is 9.62 Å². The zero-order valence-corrected chi connectivity index (χ0v) is 26.5. The van der Waals surface area contributed by atoms with E-state index in [1.165, 1.54) is 17.0 Å². The molecule has 1 fully saturated rings. The SMILES string of the molecule is CC(C(=O)NC1CCCCC1)N(Cc1c(Cl)cccc1Cl)C(=O)CN(c1cccc(Br)c1)S(=O)(=O)c1ccccc1. The van der Waals surface area contributed by atoms with Gasteiger partial charge in [0.15, 0.2) is 0 Å². The van der Waals surface area contributed by atoms with E-state index >= 15 is 0 Å². The molecule has 0 radical (unpaired) electrons. The second-order valence-electron chi connectivity index (χ2n) is 10.0. The molecule has 218 valence electrons. The summed E-state index contributed by atoms with van der Waals surface area (Å²) in [5, 5.41) is 3.77. The van der Waals surface area contributed by atoms with Gasteiger partial charge in [-0.1, -0.05) is 88.7 Å². The van der Waals surface area contributed by atoms with Crippen molar-refractivity contribution in [1.29, 1.82) is 0 Å². The zero-order chi connectivity index (χ0) is 29.6. The Morgan fingerprint density at radius 2 is 1.59 bits per heavy atom. The molecule has 1 atom stereocenters. The van der Waals surface area contributed by atoms with Crippen LogP contribution >= 0.6 is 39.1 Å². The Morgan fingerprint density at radius 3 is 2.22 bits per heavy atom. The van der Waals surface area contributed by atoms with Crippen LogP contribution in [0.4, 0.5) is 5.69 Å². The van der Waals surface area contributed by atoms with Crippen molar-refractivity contribution in [2.75, 3.05) is 10.8 Å². The van der Waals surface area contributed by atoms with Crippen molar-refractivity contribution in [2.24, 2.45) is 0 Å². The third-order valence-corrected chi connectivity index (χ3v) is 10.2. The first-order valence-corrected chi connectivity index (χ1v) is 16.4. The van der Waals surface area contributed by atoms with E-state index < -0.39 is 28.5 Å². The van der Waals surface area contributed by atoms with E-state index in [0.29, 0.717) is 25.8 Å². The van der Waals surface area contributed by atoms with Crippen LogP contribution in [0.15, 0.2) is 82.2 Å². The minimum atomic E-state index is -4.14. The zero-order valence-electron chi connectivity index (χ0n) is 22.6. The lowest BCUT2D eigenvalue weighted by Crippen LogP contribution is -2.53. The number of anilines is 1. The molecular weight excluding hydrogens is 649 g/mol. The molecule has 3 aromatic rings. The van der Waals surface area contributed by atoms with Crippen LogP contribution in [0.3, 0.4) is 0 Å². The number of nitrogens with one attached hydrogen (secondary N) is 1. The van der Waals surface area contributed by atoms with Gasteiger partial charge < -0.3 is 10.2 Å². The molecule has 1 aliphatic rings. The molecule has 2 amide bonds. The molecule has 0 aromatic heterocycles. The lowest BCUT2D eigenvalue weighted by Gasteiger charge is -2.33. The van der Waals surface area contributed by atoms with Crippen molar-refractivity contribution in [1.82, 2.24) is 10.2 Å². The minimum absolute atomic E-state index is 0.0381. The Morgan fingerprint density at radius 1 is 0.951 bits per heavy atom. The first-order chi connectivity index (χ1) is 19.6. The third kappa shape index (κ3) is 7.83. The van der Waals surface area contributed by atoms with Gasteiger partial charge in [-0.15, -0.1) is 0 Å². The lowest BCUT2D eigenvalue weighted by molar-refractivity contribution is -0.139. The summed E-state index contributed by atoms with van der Waals surface area (Å²) >= 11 is 16.3. The van der Waals surface area contributed by atoms with Crippen molar-refractivity contribution in [2.45, 2.75) is 62.6 Å². The number of hydrogen-bond donors (Lipinski definition) is 1. The van der Waals surface area contributed by atoms with E-state index in [-0.39, 0.29) is 23.4 Å². The van der Waals surface area contributed by atoms with Gasteiger partial charge in [-0.25, -0.2) is 8.42 Å². The highest BCUT2D eigenvalue weighted by atomic mass is 79.9. The van der Waals surface area contributed by atoms with Gasteiger partial charge in [0, 0.05) is 32.7 Å². The van der Waals surface area contributed by atoms with Gasteiger partial charge in [-0.2, -0.15) is 0 Å². The maximum Gasteiger partial charge on any atom is 0.264 e. The van der Waals surface area contributed by atoms with Gasteiger partial charge in [0.2, 0.25) is 11.8 Å². The Bertz CT molecular complexity index is 1460.